The van der Waals surface area contributed by atoms with Crippen LogP contribution in [0.4, 0.5) is 0 Å². The van der Waals surface area contributed by atoms with E-state index in [1.165, 1.54) is 7.11 Å². The van der Waals surface area contributed by atoms with Gasteiger partial charge in [0.25, 0.3) is 0 Å². The third-order valence-corrected chi connectivity index (χ3v) is 5.16. The molecule has 0 amide bonds. The van der Waals surface area contributed by atoms with Crippen LogP contribution in [0.15, 0.2) is 12.1 Å². The van der Waals surface area contributed by atoms with E-state index in [4.69, 9.17) is 18.8 Å². The fraction of sp³-hybridized carbons (Fsp3) is 0.619. The number of rotatable bonds is 6. The molecule has 1 aromatic rings. The largest absolute Gasteiger partial charge is 0.496 e. The molecule has 0 bridgehead atoms. The maximum Gasteiger partial charge on any atom is 0.458 e. The predicted molar refractivity (Wildman–Crippen MR) is 108 cm³/mol. The van der Waals surface area contributed by atoms with Gasteiger partial charge in [0.2, 0.25) is 0 Å². The molecule has 1 heterocycles. The number of hydrogen-bond acceptors (Lipinski definition) is 6. The quantitative estimate of drug-likeness (QED) is 0.414. The van der Waals surface area contributed by atoms with Crippen LogP contribution in [0.25, 0.3) is 0 Å². The van der Waals surface area contributed by atoms with Crippen molar-refractivity contribution < 1.29 is 28.4 Å². The molecule has 0 N–H and O–H groups in total. The average molecular weight is 390 g/mol. The first-order valence-corrected chi connectivity index (χ1v) is 9.55. The maximum absolute atomic E-state index is 12.7. The lowest BCUT2D eigenvalue weighted by atomic mass is 9.81. The second-order valence-electron chi connectivity index (χ2n) is 9.07. The number of aryl methyl sites for hydroxylation is 1. The smallest absolute Gasteiger partial charge is 0.458 e. The number of carbonyl (C=O) groups excluding carboxylic acids is 2. The molecule has 0 unspecified atom stereocenters. The van der Waals surface area contributed by atoms with E-state index >= 15 is 0 Å². The molecular formula is C21H31BO6. The molecule has 0 aliphatic carbocycles. The second kappa shape index (κ2) is 7.87. The summed E-state index contributed by atoms with van der Waals surface area (Å²) in [4.78, 5) is 24.2. The van der Waals surface area contributed by atoms with Crippen LogP contribution in [-0.2, 0) is 20.5 Å². The standard InChI is InChI=1S/C21H31BO6/c1-19(2,3)26-18(24)16-15(13-23)10-9-14(17(16)25-8)11-12-22-27-20(4,5)21(6,7)28-22/h9-10,13H,11-12H2,1-8H3. The van der Waals surface area contributed by atoms with Crippen molar-refractivity contribution in [2.75, 3.05) is 7.11 Å². The highest BCUT2D eigenvalue weighted by molar-refractivity contribution is 6.45. The third kappa shape index (κ3) is 4.76. The molecule has 0 radical (unpaired) electrons. The van der Waals surface area contributed by atoms with Gasteiger partial charge in [-0.3, -0.25) is 4.79 Å². The SMILES string of the molecule is COc1c(CCB2OC(C)(C)C(C)(C)O2)ccc(C=O)c1C(=O)OC(C)(C)C. The predicted octanol–water partition coefficient (Wildman–Crippen LogP) is 4.10. The highest BCUT2D eigenvalue weighted by Crippen LogP contribution is 2.38. The van der Waals surface area contributed by atoms with E-state index in [2.05, 4.69) is 0 Å². The van der Waals surface area contributed by atoms with Crippen LogP contribution in [0.3, 0.4) is 0 Å². The van der Waals surface area contributed by atoms with Crippen molar-refractivity contribution >= 4 is 19.4 Å². The van der Waals surface area contributed by atoms with Crippen molar-refractivity contribution in [1.82, 2.24) is 0 Å². The van der Waals surface area contributed by atoms with E-state index in [1.807, 2.05) is 27.7 Å². The summed E-state index contributed by atoms with van der Waals surface area (Å²) < 4.78 is 23.1. The number of hydrogen-bond donors (Lipinski definition) is 0. The number of esters is 1. The molecule has 2 rings (SSSR count). The molecule has 1 aliphatic rings. The first-order chi connectivity index (χ1) is 12.8. The summed E-state index contributed by atoms with van der Waals surface area (Å²) in [6.07, 6.45) is 1.80. The monoisotopic (exact) mass is 390 g/mol. The normalized spacial score (nSPS) is 18.1. The summed E-state index contributed by atoms with van der Waals surface area (Å²) in [7, 11) is 1.13. The van der Waals surface area contributed by atoms with Gasteiger partial charge in [0.15, 0.2) is 6.29 Å². The zero-order valence-corrected chi connectivity index (χ0v) is 18.2. The van der Waals surface area contributed by atoms with E-state index < -0.39 is 22.8 Å². The van der Waals surface area contributed by atoms with Gasteiger partial charge in [0.05, 0.1) is 18.3 Å². The second-order valence-corrected chi connectivity index (χ2v) is 9.07. The Hall–Kier alpha value is -1.86. The van der Waals surface area contributed by atoms with Crippen LogP contribution < -0.4 is 4.74 Å². The van der Waals surface area contributed by atoms with Gasteiger partial charge >= 0.3 is 13.1 Å². The van der Waals surface area contributed by atoms with Crippen LogP contribution in [0.2, 0.25) is 6.32 Å². The molecule has 28 heavy (non-hydrogen) atoms. The number of benzene rings is 1. The Labute approximate surface area is 168 Å². The molecule has 0 aromatic heterocycles. The summed E-state index contributed by atoms with van der Waals surface area (Å²) in [5, 5.41) is 0. The van der Waals surface area contributed by atoms with E-state index in [0.717, 1.165) is 5.56 Å². The first-order valence-electron chi connectivity index (χ1n) is 9.55. The van der Waals surface area contributed by atoms with Crippen LogP contribution in [-0.4, -0.2) is 43.3 Å². The van der Waals surface area contributed by atoms with Crippen LogP contribution in [0.1, 0.15) is 74.7 Å². The van der Waals surface area contributed by atoms with Crippen molar-refractivity contribution in [3.05, 3.63) is 28.8 Å². The van der Waals surface area contributed by atoms with E-state index in [9.17, 15) is 9.59 Å². The summed E-state index contributed by atoms with van der Waals surface area (Å²) in [5.41, 5.74) is -0.288. The minimum absolute atomic E-state index is 0.152. The summed E-state index contributed by atoms with van der Waals surface area (Å²) >= 11 is 0. The van der Waals surface area contributed by atoms with Gasteiger partial charge < -0.3 is 18.8 Å². The van der Waals surface area contributed by atoms with Crippen molar-refractivity contribution in [2.45, 2.75) is 78.0 Å². The summed E-state index contributed by atoms with van der Waals surface area (Å²) in [6.45, 7) is 13.4. The number of ether oxygens (including phenoxy) is 2. The minimum Gasteiger partial charge on any atom is -0.496 e. The summed E-state index contributed by atoms with van der Waals surface area (Å²) in [5.74, 6) is -0.223. The number of methoxy groups -OCH3 is 1. The zero-order chi connectivity index (χ0) is 21.3. The topological polar surface area (TPSA) is 71.1 Å². The lowest BCUT2D eigenvalue weighted by Crippen LogP contribution is -2.41. The van der Waals surface area contributed by atoms with Gasteiger partial charge in [-0.25, -0.2) is 4.79 Å². The third-order valence-electron chi connectivity index (χ3n) is 5.16. The maximum atomic E-state index is 12.7. The van der Waals surface area contributed by atoms with Crippen molar-refractivity contribution in [2.24, 2.45) is 0 Å². The fourth-order valence-electron chi connectivity index (χ4n) is 3.07. The highest BCUT2D eigenvalue weighted by atomic mass is 16.7. The Balaban J connectivity index is 2.27. The van der Waals surface area contributed by atoms with Crippen molar-refractivity contribution in [1.29, 1.82) is 0 Å². The molecule has 1 aromatic carbocycles. The minimum atomic E-state index is -0.680. The Bertz CT molecular complexity index is 732. The molecule has 1 fully saturated rings. The van der Waals surface area contributed by atoms with Gasteiger partial charge in [-0.1, -0.05) is 12.1 Å². The average Bonchev–Trinajstić information content (AvgIpc) is 2.77. The molecule has 1 saturated heterocycles. The lowest BCUT2D eigenvalue weighted by Gasteiger charge is -2.32. The Morgan fingerprint density at radius 1 is 1.14 bits per heavy atom. The van der Waals surface area contributed by atoms with Crippen LogP contribution >= 0.6 is 0 Å². The van der Waals surface area contributed by atoms with E-state index in [1.54, 1.807) is 32.9 Å². The zero-order valence-electron chi connectivity index (χ0n) is 18.2. The molecule has 7 heteroatoms. The molecule has 1 aliphatic heterocycles. The van der Waals surface area contributed by atoms with Gasteiger partial charge in [-0.15, -0.1) is 0 Å². The molecule has 154 valence electrons. The van der Waals surface area contributed by atoms with E-state index in [0.29, 0.717) is 24.8 Å². The van der Waals surface area contributed by atoms with Gasteiger partial charge in [-0.2, -0.15) is 0 Å². The van der Waals surface area contributed by atoms with Crippen molar-refractivity contribution in [3.8, 4) is 5.75 Å². The summed E-state index contributed by atoms with van der Waals surface area (Å²) in [6, 6.07) is 3.41. The fourth-order valence-corrected chi connectivity index (χ4v) is 3.07. The Morgan fingerprint density at radius 3 is 2.18 bits per heavy atom. The van der Waals surface area contributed by atoms with Gasteiger partial charge in [0, 0.05) is 5.56 Å². The number of carbonyl (C=O) groups is 2. The molecule has 0 spiro atoms. The van der Waals surface area contributed by atoms with Gasteiger partial charge in [0.1, 0.15) is 16.9 Å². The van der Waals surface area contributed by atoms with Crippen molar-refractivity contribution in [3.63, 3.8) is 0 Å². The molecule has 0 atom stereocenters. The number of aldehydes is 1. The van der Waals surface area contributed by atoms with Crippen LogP contribution in [0.5, 0.6) is 5.75 Å². The molecular weight excluding hydrogens is 359 g/mol. The van der Waals surface area contributed by atoms with E-state index in [-0.39, 0.29) is 18.2 Å². The molecule has 6 nitrogen and oxygen atoms in total. The lowest BCUT2D eigenvalue weighted by molar-refractivity contribution is 0.00578. The van der Waals surface area contributed by atoms with Gasteiger partial charge in [-0.05, 0) is 66.8 Å². The highest BCUT2D eigenvalue weighted by Gasteiger charge is 2.50. The molecule has 0 saturated carbocycles. The van der Waals surface area contributed by atoms with Crippen LogP contribution in [0, 0.1) is 0 Å². The first kappa shape index (κ1) is 22.4. The Morgan fingerprint density at radius 2 is 1.71 bits per heavy atom. The Kier molecular flexibility index (Phi) is 6.31.